The Hall–Kier alpha value is -10.0. The minimum atomic E-state index is 0.194. The molecule has 474 valence electrons. The Balaban J connectivity index is 0.000000130. The molecule has 99 heavy (non-hydrogen) atoms. The van der Waals surface area contributed by atoms with Crippen molar-refractivity contribution in [2.24, 2.45) is 0 Å². The highest BCUT2D eigenvalue weighted by atomic mass is 80.9. The summed E-state index contributed by atoms with van der Waals surface area (Å²) in [6.45, 7) is 0. The fourth-order valence-corrected chi connectivity index (χ4v) is 16.9. The molecule has 8 aromatic heterocycles. The lowest BCUT2D eigenvalue weighted by molar-refractivity contribution is 0.661. The van der Waals surface area contributed by atoms with Crippen LogP contribution in [-0.2, 0) is 0 Å². The zero-order chi connectivity index (χ0) is 66.3. The summed E-state index contributed by atoms with van der Waals surface area (Å²) >= 11 is 23.0. The maximum atomic E-state index is 6.62. The van der Waals surface area contributed by atoms with Crippen LogP contribution in [0.1, 0.15) is 0 Å². The van der Waals surface area contributed by atoms with Crippen molar-refractivity contribution in [3.63, 3.8) is 0 Å². The molecule has 0 saturated carbocycles. The van der Waals surface area contributed by atoms with Crippen molar-refractivity contribution in [3.05, 3.63) is 288 Å². The first-order valence-corrected chi connectivity index (χ1v) is 38.5. The van der Waals surface area contributed by atoms with E-state index >= 15 is 0 Å². The van der Waals surface area contributed by atoms with Crippen molar-refractivity contribution >= 4 is 258 Å². The van der Waals surface area contributed by atoms with Gasteiger partial charge in [0.1, 0.15) is 33.5 Å². The Morgan fingerprint density at radius 3 is 0.677 bits per heavy atom. The third-order valence-electron chi connectivity index (χ3n) is 19.6. The van der Waals surface area contributed by atoms with Gasteiger partial charge in [0.25, 0.3) is 0 Å². The van der Waals surface area contributed by atoms with E-state index in [1.165, 1.54) is 87.2 Å². The topological polar surface area (TPSA) is 72.3 Å². The summed E-state index contributed by atoms with van der Waals surface area (Å²) in [5.74, 6) is 0. The molecule has 22 aromatic rings. The molecule has 14 heteroatoms. The van der Waals surface area contributed by atoms with Gasteiger partial charge in [-0.3, -0.25) is 0 Å². The predicted octanol–water partition coefficient (Wildman–Crippen LogP) is 28.0. The second kappa shape index (κ2) is 23.9. The highest BCUT2D eigenvalue weighted by Crippen LogP contribution is 2.50. The molecule has 0 N–H and O–H groups in total. The lowest BCUT2D eigenvalue weighted by atomic mass is 10.1. The summed E-state index contributed by atoms with van der Waals surface area (Å²) in [7, 11) is 0. The van der Waals surface area contributed by atoms with Crippen LogP contribution in [0.2, 0.25) is 0 Å². The van der Waals surface area contributed by atoms with Crippen LogP contribution in [0.15, 0.2) is 306 Å². The molecule has 0 unspecified atom stereocenters. The van der Waals surface area contributed by atoms with E-state index in [0.29, 0.717) is 0 Å². The number of hydrogen-bond donors (Lipinski definition) is 0. The molecule has 0 aliphatic rings. The molecular weight excluding hydrogens is 1530 g/mol. The van der Waals surface area contributed by atoms with E-state index in [4.69, 9.17) is 40.9 Å². The van der Waals surface area contributed by atoms with Gasteiger partial charge in [0, 0.05) is 137 Å². The van der Waals surface area contributed by atoms with E-state index < -0.39 is 0 Å². The minimum Gasteiger partial charge on any atom is -0.456 e. The third kappa shape index (κ3) is 9.19. The second-order valence-electron chi connectivity index (χ2n) is 24.6. The largest absolute Gasteiger partial charge is 0.456 e. The molecule has 8 nitrogen and oxygen atoms in total. The minimum absolute atomic E-state index is 0.194. The van der Waals surface area contributed by atoms with Crippen molar-refractivity contribution < 1.29 is 17.7 Å². The SMILES string of the molecule is BrBr.Brc1c2oc3ccc(-n4c5ccccc5c5ccccc54)cc3c2c(Br)c2oc3ccc(-n4c5ccccc5c5ccccc54)cc3c12.ClCCl.c1ccc2c(c1)c1ccccc1n2-c1ccc2oc3cc4c(cc3c2c1)oc1ccc(-n2c3ccccc3c3ccccc32)cc14. The normalized spacial score (nSPS) is 12.0. The van der Waals surface area contributed by atoms with Crippen LogP contribution in [0, 0.1) is 0 Å². The number of nitrogens with zero attached hydrogens (tertiary/aromatic N) is 4. The van der Waals surface area contributed by atoms with Crippen molar-refractivity contribution in [1.82, 2.24) is 18.3 Å². The van der Waals surface area contributed by atoms with Gasteiger partial charge in [-0.1, -0.05) is 146 Å². The Morgan fingerprint density at radius 1 is 0.232 bits per heavy atom. The smallest absolute Gasteiger partial charge is 0.151 e. The van der Waals surface area contributed by atoms with Crippen LogP contribution in [0.4, 0.5) is 0 Å². The van der Waals surface area contributed by atoms with Gasteiger partial charge in [0.2, 0.25) is 0 Å². The molecule has 0 atom stereocenters. The van der Waals surface area contributed by atoms with Crippen LogP contribution in [0.5, 0.6) is 0 Å². The summed E-state index contributed by atoms with van der Waals surface area (Å²) in [4.78, 5) is 0. The molecule has 8 heterocycles. The number of para-hydroxylation sites is 8. The molecule has 0 aliphatic carbocycles. The first-order chi connectivity index (χ1) is 48.9. The number of halogens is 6. The van der Waals surface area contributed by atoms with Crippen LogP contribution >= 0.6 is 83.3 Å². The Kier molecular flexibility index (Phi) is 14.5. The molecule has 0 saturated heterocycles. The van der Waals surface area contributed by atoms with Crippen LogP contribution in [-0.4, -0.2) is 23.6 Å². The molecular formula is C85H48Br4Cl2N4O4. The first kappa shape index (κ1) is 60.2. The molecule has 0 aliphatic heterocycles. The fourth-order valence-electron chi connectivity index (χ4n) is 15.5. The molecule has 0 bridgehead atoms. The summed E-state index contributed by atoms with van der Waals surface area (Å²) < 4.78 is 37.3. The Bertz CT molecular complexity index is 6450. The summed E-state index contributed by atoms with van der Waals surface area (Å²) in [5.41, 5.74) is 20.4. The van der Waals surface area contributed by atoms with Crippen molar-refractivity contribution in [2.75, 3.05) is 5.34 Å². The lowest BCUT2D eigenvalue weighted by Gasteiger charge is -2.08. The second-order valence-corrected chi connectivity index (χ2v) is 27.0. The first-order valence-electron chi connectivity index (χ1n) is 32.1. The zero-order valence-electron chi connectivity index (χ0n) is 52.0. The third-order valence-corrected chi connectivity index (χ3v) is 21.1. The predicted molar refractivity (Wildman–Crippen MR) is 429 cm³/mol. The fraction of sp³-hybridized carbons (Fsp3) is 0.0118. The zero-order valence-corrected chi connectivity index (χ0v) is 59.8. The lowest BCUT2D eigenvalue weighted by Crippen LogP contribution is -1.93. The summed E-state index contributed by atoms with van der Waals surface area (Å²) in [6.07, 6.45) is 0. The van der Waals surface area contributed by atoms with Gasteiger partial charge in [-0.15, -0.1) is 23.2 Å². The number of aromatic nitrogens is 4. The van der Waals surface area contributed by atoms with Gasteiger partial charge in [-0.2, -0.15) is 0 Å². The number of fused-ring (bicyclic) bond motifs is 24. The van der Waals surface area contributed by atoms with Gasteiger partial charge in [0.15, 0.2) is 11.2 Å². The van der Waals surface area contributed by atoms with E-state index in [0.717, 1.165) is 119 Å². The summed E-state index contributed by atoms with van der Waals surface area (Å²) in [6, 6.07) is 98.9. The standard InChI is InChI=1S/C42H22Br2N2O2.C42H24N2O2.CH2Cl2.Br2/c43-39-37-29-21-23(45-31-13-5-1-9-25(31)26-10-2-6-14-32(26)45)17-19-35(29)47-41(37)40(44)38-30-22-24(18-20-36(30)48-42(38)39)46-33-15-7-3-11-27(33)28-12-4-8-16-34(28)46;1-5-13-35-27(9-1)28-10-2-6-14-36(28)43(35)25-17-19-39-31(21-25)33-23-42-34(24-41(33)45-39)32-22-26(18-20-40(32)46-42)44-37-15-7-3-11-29(37)30-12-4-8-16-38(30)44;2-1-3;1-2/h1-22H;1-24H;1H2;. The number of rotatable bonds is 4. The average Bonchev–Trinajstić information content (AvgIpc) is 1.58. The van der Waals surface area contributed by atoms with Crippen LogP contribution < -0.4 is 0 Å². The Labute approximate surface area is 605 Å². The average molecular weight is 1580 g/mol. The van der Waals surface area contributed by atoms with Gasteiger partial charge in [-0.05, 0) is 165 Å². The van der Waals surface area contributed by atoms with Crippen molar-refractivity contribution in [3.8, 4) is 22.7 Å². The molecule has 0 fully saturated rings. The van der Waals surface area contributed by atoms with Crippen molar-refractivity contribution in [1.29, 1.82) is 0 Å². The van der Waals surface area contributed by atoms with E-state index in [-0.39, 0.29) is 5.34 Å². The van der Waals surface area contributed by atoms with Crippen molar-refractivity contribution in [2.45, 2.75) is 0 Å². The van der Waals surface area contributed by atoms with Gasteiger partial charge >= 0.3 is 0 Å². The number of furan rings is 4. The maximum absolute atomic E-state index is 6.62. The quantitative estimate of drug-likeness (QED) is 0.165. The van der Waals surface area contributed by atoms with Gasteiger partial charge in [0.05, 0.1) is 58.4 Å². The molecule has 0 radical (unpaired) electrons. The highest BCUT2D eigenvalue weighted by Gasteiger charge is 2.26. The number of alkyl halides is 2. The molecule has 14 aromatic carbocycles. The molecule has 22 rings (SSSR count). The van der Waals surface area contributed by atoms with E-state index in [2.05, 4.69) is 357 Å². The van der Waals surface area contributed by atoms with Gasteiger partial charge < -0.3 is 35.9 Å². The summed E-state index contributed by atoms with van der Waals surface area (Å²) in [5, 5.41) is 18.4. The van der Waals surface area contributed by atoms with Crippen LogP contribution in [0.3, 0.4) is 0 Å². The Morgan fingerprint density at radius 2 is 0.434 bits per heavy atom. The van der Waals surface area contributed by atoms with Crippen LogP contribution in [0.25, 0.3) is 198 Å². The molecule has 0 amide bonds. The molecule has 0 spiro atoms. The van der Waals surface area contributed by atoms with E-state index in [9.17, 15) is 0 Å². The maximum Gasteiger partial charge on any atom is 0.151 e. The monoisotopic (exact) mass is 1570 g/mol. The van der Waals surface area contributed by atoms with E-state index in [1.54, 1.807) is 0 Å². The highest BCUT2D eigenvalue weighted by molar-refractivity contribution is 9.93. The van der Waals surface area contributed by atoms with E-state index in [1.807, 2.05) is 0 Å². The number of benzene rings is 14. The van der Waals surface area contributed by atoms with Gasteiger partial charge in [-0.25, -0.2) is 0 Å². The number of hydrogen-bond acceptors (Lipinski definition) is 4.